The zero-order valence-corrected chi connectivity index (χ0v) is 11.9. The number of benzene rings is 1. The smallest absolute Gasteiger partial charge is 0.343 e. The lowest BCUT2D eigenvalue weighted by atomic mass is 10.3. The summed E-state index contributed by atoms with van der Waals surface area (Å²) in [5, 5.41) is 4.51. The molecule has 0 unspecified atom stereocenters. The second kappa shape index (κ2) is 5.13. The molecule has 2 heterocycles. The van der Waals surface area contributed by atoms with Gasteiger partial charge >= 0.3 is 5.97 Å². The summed E-state index contributed by atoms with van der Waals surface area (Å²) < 4.78 is 20.1. The maximum atomic E-state index is 13.2. The van der Waals surface area contributed by atoms with E-state index in [2.05, 4.69) is 10.1 Å². The number of anilines is 1. The van der Waals surface area contributed by atoms with E-state index in [0.29, 0.717) is 15.3 Å². The first-order valence-corrected chi connectivity index (χ1v) is 6.99. The van der Waals surface area contributed by atoms with Gasteiger partial charge in [-0.05, 0) is 25.1 Å². The van der Waals surface area contributed by atoms with Crippen LogP contribution in [0.15, 0.2) is 24.4 Å². The SMILES string of the molecule is CCOC(=O)c1cnn(-c2nc3ccc(F)cc3s2)c1N. The second-order valence-corrected chi connectivity index (χ2v) is 5.19. The van der Waals surface area contributed by atoms with Crippen LogP contribution in [0.4, 0.5) is 10.2 Å². The van der Waals surface area contributed by atoms with E-state index < -0.39 is 5.97 Å². The Labute approximate surface area is 123 Å². The van der Waals surface area contributed by atoms with Crippen molar-refractivity contribution in [2.24, 2.45) is 0 Å². The summed E-state index contributed by atoms with van der Waals surface area (Å²) >= 11 is 1.23. The molecule has 0 bridgehead atoms. The van der Waals surface area contributed by atoms with Crippen molar-refractivity contribution in [1.82, 2.24) is 14.8 Å². The van der Waals surface area contributed by atoms with Crippen molar-refractivity contribution in [3.63, 3.8) is 0 Å². The molecular formula is C13H11FN4O2S. The van der Waals surface area contributed by atoms with Crippen LogP contribution in [-0.2, 0) is 4.74 Å². The van der Waals surface area contributed by atoms with Gasteiger partial charge in [-0.1, -0.05) is 11.3 Å². The molecule has 21 heavy (non-hydrogen) atoms. The van der Waals surface area contributed by atoms with E-state index in [-0.39, 0.29) is 23.8 Å². The molecule has 0 saturated heterocycles. The van der Waals surface area contributed by atoms with Crippen molar-refractivity contribution in [3.05, 3.63) is 35.8 Å². The van der Waals surface area contributed by atoms with Crippen molar-refractivity contribution in [3.8, 4) is 5.13 Å². The first kappa shape index (κ1) is 13.5. The molecule has 108 valence electrons. The number of nitrogens with two attached hydrogens (primary N) is 1. The van der Waals surface area contributed by atoms with Gasteiger partial charge in [-0.2, -0.15) is 9.78 Å². The Morgan fingerprint density at radius 2 is 2.33 bits per heavy atom. The molecule has 3 aromatic rings. The van der Waals surface area contributed by atoms with E-state index >= 15 is 0 Å². The number of nitrogen functional groups attached to an aromatic ring is 1. The van der Waals surface area contributed by atoms with Crippen LogP contribution in [0, 0.1) is 5.82 Å². The molecule has 2 N–H and O–H groups in total. The third kappa shape index (κ3) is 2.33. The van der Waals surface area contributed by atoms with Gasteiger partial charge in [0, 0.05) is 0 Å². The number of ether oxygens (including phenoxy) is 1. The van der Waals surface area contributed by atoms with Crippen molar-refractivity contribution in [2.75, 3.05) is 12.3 Å². The van der Waals surface area contributed by atoms with Crippen molar-refractivity contribution < 1.29 is 13.9 Å². The van der Waals surface area contributed by atoms with Crippen LogP contribution in [-0.4, -0.2) is 27.3 Å². The third-order valence-electron chi connectivity index (χ3n) is 2.82. The summed E-state index contributed by atoms with van der Waals surface area (Å²) in [5.74, 6) is -0.722. The minimum atomic E-state index is -0.534. The number of hydrogen-bond donors (Lipinski definition) is 1. The van der Waals surface area contributed by atoms with Gasteiger partial charge in [0.05, 0.1) is 23.0 Å². The summed E-state index contributed by atoms with van der Waals surface area (Å²) in [4.78, 5) is 16.0. The van der Waals surface area contributed by atoms with Gasteiger partial charge in [0.15, 0.2) is 0 Å². The predicted molar refractivity (Wildman–Crippen MR) is 77.1 cm³/mol. The molecule has 0 saturated carbocycles. The Kier molecular flexibility index (Phi) is 3.30. The van der Waals surface area contributed by atoms with Gasteiger partial charge in [-0.15, -0.1) is 0 Å². The lowest BCUT2D eigenvalue weighted by molar-refractivity contribution is 0.0527. The average Bonchev–Trinajstić information content (AvgIpc) is 3.01. The molecule has 0 radical (unpaired) electrons. The molecule has 0 aliphatic carbocycles. The van der Waals surface area contributed by atoms with Crippen LogP contribution in [0.5, 0.6) is 0 Å². The molecular weight excluding hydrogens is 295 g/mol. The standard InChI is InChI=1S/C13H11FN4O2S/c1-2-20-12(19)8-6-16-18(11(8)15)13-17-9-4-3-7(14)5-10(9)21-13/h3-6H,2,15H2,1H3. The fraction of sp³-hybridized carbons (Fsp3) is 0.154. The van der Waals surface area contributed by atoms with Crippen molar-refractivity contribution in [2.45, 2.75) is 6.92 Å². The second-order valence-electron chi connectivity index (χ2n) is 4.18. The number of carbonyl (C=O) groups excluding carboxylic acids is 1. The number of hydrogen-bond acceptors (Lipinski definition) is 6. The van der Waals surface area contributed by atoms with Crippen LogP contribution in [0.3, 0.4) is 0 Å². The quantitative estimate of drug-likeness (QED) is 0.751. The molecule has 0 aliphatic heterocycles. The average molecular weight is 306 g/mol. The predicted octanol–water partition coefficient (Wildman–Crippen LogP) is 2.38. The van der Waals surface area contributed by atoms with E-state index in [9.17, 15) is 9.18 Å². The highest BCUT2D eigenvalue weighted by molar-refractivity contribution is 7.20. The zero-order valence-electron chi connectivity index (χ0n) is 11.0. The first-order valence-electron chi connectivity index (χ1n) is 6.17. The van der Waals surface area contributed by atoms with Crippen LogP contribution < -0.4 is 5.73 Å². The van der Waals surface area contributed by atoms with Gasteiger partial charge in [-0.25, -0.2) is 14.2 Å². The van der Waals surface area contributed by atoms with E-state index in [1.54, 1.807) is 13.0 Å². The normalized spacial score (nSPS) is 11.0. The van der Waals surface area contributed by atoms with Crippen LogP contribution in [0.2, 0.25) is 0 Å². The molecule has 2 aromatic heterocycles. The number of rotatable bonds is 3. The molecule has 1 aromatic carbocycles. The number of thiazole rings is 1. The van der Waals surface area contributed by atoms with Crippen LogP contribution in [0.25, 0.3) is 15.3 Å². The summed E-state index contributed by atoms with van der Waals surface area (Å²) in [6.07, 6.45) is 1.33. The van der Waals surface area contributed by atoms with Crippen LogP contribution in [0.1, 0.15) is 17.3 Å². The Bertz CT molecular complexity index is 827. The number of nitrogens with zero attached hydrogens (tertiary/aromatic N) is 3. The molecule has 0 spiro atoms. The minimum Gasteiger partial charge on any atom is -0.462 e. The largest absolute Gasteiger partial charge is 0.462 e. The first-order chi connectivity index (χ1) is 10.1. The summed E-state index contributed by atoms with van der Waals surface area (Å²) in [5.41, 5.74) is 6.74. The molecule has 3 rings (SSSR count). The van der Waals surface area contributed by atoms with Gasteiger partial charge < -0.3 is 10.5 Å². The molecule has 0 atom stereocenters. The number of halogens is 1. The maximum absolute atomic E-state index is 13.2. The fourth-order valence-electron chi connectivity index (χ4n) is 1.85. The number of carbonyl (C=O) groups is 1. The summed E-state index contributed by atoms with van der Waals surface area (Å²) in [6, 6.07) is 4.31. The third-order valence-corrected chi connectivity index (χ3v) is 3.82. The summed E-state index contributed by atoms with van der Waals surface area (Å²) in [7, 11) is 0. The van der Waals surface area contributed by atoms with E-state index in [0.717, 1.165) is 0 Å². The molecule has 8 heteroatoms. The molecule has 6 nitrogen and oxygen atoms in total. The van der Waals surface area contributed by atoms with E-state index in [1.165, 1.54) is 34.3 Å². The maximum Gasteiger partial charge on any atom is 0.343 e. The summed E-state index contributed by atoms with van der Waals surface area (Å²) in [6.45, 7) is 1.96. The zero-order chi connectivity index (χ0) is 15.0. The molecule has 0 aliphatic rings. The highest BCUT2D eigenvalue weighted by Crippen LogP contribution is 2.27. The monoisotopic (exact) mass is 306 g/mol. The lowest BCUT2D eigenvalue weighted by Gasteiger charge is -2.01. The van der Waals surface area contributed by atoms with Gasteiger partial charge in [0.1, 0.15) is 17.2 Å². The number of aromatic nitrogens is 3. The molecule has 0 amide bonds. The van der Waals surface area contributed by atoms with Gasteiger partial charge in [-0.3, -0.25) is 0 Å². The van der Waals surface area contributed by atoms with Crippen LogP contribution >= 0.6 is 11.3 Å². The minimum absolute atomic E-state index is 0.146. The number of esters is 1. The highest BCUT2D eigenvalue weighted by atomic mass is 32.1. The Morgan fingerprint density at radius 1 is 1.52 bits per heavy atom. The fourth-order valence-corrected chi connectivity index (χ4v) is 2.82. The Hall–Kier alpha value is -2.48. The van der Waals surface area contributed by atoms with Gasteiger partial charge in [0.25, 0.3) is 0 Å². The van der Waals surface area contributed by atoms with E-state index in [1.807, 2.05) is 0 Å². The van der Waals surface area contributed by atoms with Crippen molar-refractivity contribution >= 4 is 33.3 Å². The number of fused-ring (bicyclic) bond motifs is 1. The highest BCUT2D eigenvalue weighted by Gasteiger charge is 2.19. The van der Waals surface area contributed by atoms with Crippen molar-refractivity contribution in [1.29, 1.82) is 0 Å². The lowest BCUT2D eigenvalue weighted by Crippen LogP contribution is -2.08. The van der Waals surface area contributed by atoms with Gasteiger partial charge in [0.2, 0.25) is 5.13 Å². The Morgan fingerprint density at radius 3 is 3.10 bits per heavy atom. The molecule has 0 fully saturated rings. The van der Waals surface area contributed by atoms with E-state index in [4.69, 9.17) is 10.5 Å². The topological polar surface area (TPSA) is 83.0 Å². The Balaban J connectivity index is 2.04.